The fraction of sp³-hybridized carbons (Fsp3) is 0.111. The molecule has 0 unspecified atom stereocenters. The predicted molar refractivity (Wildman–Crippen MR) is 64.8 cm³/mol. The van der Waals surface area contributed by atoms with Crippen LogP contribution in [0.3, 0.4) is 0 Å². The third-order valence-electron chi connectivity index (χ3n) is 1.64. The van der Waals surface area contributed by atoms with Gasteiger partial charge in [0.05, 0.1) is 4.90 Å². The van der Waals surface area contributed by atoms with Crippen molar-refractivity contribution >= 4 is 34.9 Å². The number of nitrogens with zero attached hydrogens (tertiary/aromatic N) is 4. The minimum absolute atomic E-state index is 0.424. The van der Waals surface area contributed by atoms with Gasteiger partial charge in [-0.25, -0.2) is 4.98 Å². The molecule has 7 heteroatoms. The van der Waals surface area contributed by atoms with E-state index in [9.17, 15) is 0 Å². The Morgan fingerprint density at radius 3 is 2.88 bits per heavy atom. The molecule has 80 valence electrons. The molecular weight excluding hydrogens is 260 g/mol. The number of hydrogen-bond donors (Lipinski definition) is 0. The molecule has 2 rings (SSSR count). The van der Waals surface area contributed by atoms with Gasteiger partial charge in [0.15, 0.2) is 14.4 Å². The van der Waals surface area contributed by atoms with Crippen molar-refractivity contribution in [3.63, 3.8) is 0 Å². The molecule has 0 radical (unpaired) electrons. The lowest BCUT2D eigenvalue weighted by Gasteiger charge is -1.97. The number of hydrogen-bond acceptors (Lipinski definition) is 7. The summed E-state index contributed by atoms with van der Waals surface area (Å²) in [7, 11) is 0. The summed E-state index contributed by atoms with van der Waals surface area (Å²) in [6, 6.07) is 5.72. The molecule has 0 saturated carbocycles. The molecule has 0 spiro atoms. The highest BCUT2D eigenvalue weighted by Crippen LogP contribution is 2.33. The van der Waals surface area contributed by atoms with Crippen molar-refractivity contribution in [2.24, 2.45) is 0 Å². The monoisotopic (exact) mass is 266 g/mol. The van der Waals surface area contributed by atoms with Crippen molar-refractivity contribution in [2.75, 3.05) is 6.26 Å². The van der Waals surface area contributed by atoms with E-state index in [0.29, 0.717) is 5.69 Å². The van der Waals surface area contributed by atoms with Crippen LogP contribution in [-0.2, 0) is 0 Å². The normalized spacial score (nSPS) is 10.0. The largest absolute Gasteiger partial charge is 0.244 e. The van der Waals surface area contributed by atoms with Crippen LogP contribution in [0.2, 0.25) is 0 Å². The van der Waals surface area contributed by atoms with Crippen LogP contribution in [0.5, 0.6) is 0 Å². The van der Waals surface area contributed by atoms with Gasteiger partial charge in [-0.3, -0.25) is 0 Å². The molecule has 0 amide bonds. The topological polar surface area (TPSA) is 62.5 Å². The SMILES string of the molecule is CSc1nnc(Sc2cccnc2C#N)s1. The van der Waals surface area contributed by atoms with E-state index >= 15 is 0 Å². The van der Waals surface area contributed by atoms with Gasteiger partial charge < -0.3 is 0 Å². The standard InChI is InChI=1S/C9H6N4S3/c1-14-8-12-13-9(16-8)15-7-3-2-4-11-6(7)5-10/h2-4H,1H3. The second kappa shape index (κ2) is 5.30. The number of rotatable bonds is 3. The first kappa shape index (κ1) is 11.4. The summed E-state index contributed by atoms with van der Waals surface area (Å²) in [6.07, 6.45) is 3.57. The molecule has 0 aliphatic carbocycles. The number of nitriles is 1. The maximum Gasteiger partial charge on any atom is 0.179 e. The summed E-state index contributed by atoms with van der Waals surface area (Å²) >= 11 is 4.50. The Labute approximate surface area is 105 Å². The van der Waals surface area contributed by atoms with Crippen LogP contribution in [0, 0.1) is 11.3 Å². The van der Waals surface area contributed by atoms with Crippen LogP contribution < -0.4 is 0 Å². The second-order valence-corrected chi connectivity index (χ2v) is 5.92. The van der Waals surface area contributed by atoms with Crippen LogP contribution in [0.1, 0.15) is 5.69 Å². The fourth-order valence-corrected chi connectivity index (χ4v) is 3.42. The molecule has 0 aliphatic rings. The van der Waals surface area contributed by atoms with Crippen LogP contribution in [-0.4, -0.2) is 21.4 Å². The fourth-order valence-electron chi connectivity index (χ4n) is 0.972. The summed E-state index contributed by atoms with van der Waals surface area (Å²) in [5.41, 5.74) is 0.424. The summed E-state index contributed by atoms with van der Waals surface area (Å²) in [5, 5.41) is 16.9. The maximum absolute atomic E-state index is 8.89. The Balaban J connectivity index is 2.24. The lowest BCUT2D eigenvalue weighted by molar-refractivity contribution is 0.955. The summed E-state index contributed by atoms with van der Waals surface area (Å²) in [4.78, 5) is 4.80. The lowest BCUT2D eigenvalue weighted by atomic mass is 10.4. The van der Waals surface area contributed by atoms with Crippen molar-refractivity contribution < 1.29 is 0 Å². The van der Waals surface area contributed by atoms with Crippen molar-refractivity contribution in [1.82, 2.24) is 15.2 Å². The van der Waals surface area contributed by atoms with E-state index in [4.69, 9.17) is 5.26 Å². The van der Waals surface area contributed by atoms with Gasteiger partial charge in [0, 0.05) is 6.20 Å². The summed E-state index contributed by atoms with van der Waals surface area (Å²) in [5.74, 6) is 0. The quantitative estimate of drug-likeness (QED) is 0.796. The highest BCUT2D eigenvalue weighted by atomic mass is 32.2. The van der Waals surface area contributed by atoms with Crippen molar-refractivity contribution in [1.29, 1.82) is 5.26 Å². The van der Waals surface area contributed by atoms with Gasteiger partial charge in [-0.1, -0.05) is 34.9 Å². The first-order valence-corrected chi connectivity index (χ1v) is 7.09. The Morgan fingerprint density at radius 2 is 2.19 bits per heavy atom. The highest BCUT2D eigenvalue weighted by Gasteiger charge is 2.08. The molecule has 0 fully saturated rings. The zero-order valence-electron chi connectivity index (χ0n) is 8.25. The van der Waals surface area contributed by atoms with E-state index in [2.05, 4.69) is 21.3 Å². The number of aromatic nitrogens is 3. The van der Waals surface area contributed by atoms with Crippen molar-refractivity contribution in [3.8, 4) is 6.07 Å². The van der Waals surface area contributed by atoms with Crippen LogP contribution in [0.25, 0.3) is 0 Å². The average molecular weight is 266 g/mol. The molecular formula is C9H6N4S3. The van der Waals surface area contributed by atoms with E-state index in [1.807, 2.05) is 12.3 Å². The molecule has 0 aromatic carbocycles. The Morgan fingerprint density at radius 1 is 1.38 bits per heavy atom. The summed E-state index contributed by atoms with van der Waals surface area (Å²) in [6.45, 7) is 0. The smallest absolute Gasteiger partial charge is 0.179 e. The Hall–Kier alpha value is -1.10. The molecule has 2 aromatic heterocycles. The summed E-state index contributed by atoms with van der Waals surface area (Å²) < 4.78 is 1.75. The van der Waals surface area contributed by atoms with Gasteiger partial charge in [-0.15, -0.1) is 10.2 Å². The molecule has 16 heavy (non-hydrogen) atoms. The minimum atomic E-state index is 0.424. The zero-order valence-corrected chi connectivity index (χ0v) is 10.7. The van der Waals surface area contributed by atoms with Crippen molar-refractivity contribution in [3.05, 3.63) is 24.0 Å². The molecule has 0 aliphatic heterocycles. The predicted octanol–water partition coefficient (Wildman–Crippen LogP) is 2.68. The second-order valence-electron chi connectivity index (χ2n) is 2.60. The van der Waals surface area contributed by atoms with E-state index in [0.717, 1.165) is 13.6 Å². The Kier molecular flexibility index (Phi) is 3.77. The van der Waals surface area contributed by atoms with E-state index < -0.39 is 0 Å². The maximum atomic E-state index is 8.89. The van der Waals surface area contributed by atoms with Gasteiger partial charge >= 0.3 is 0 Å². The van der Waals surface area contributed by atoms with Gasteiger partial charge in [0.1, 0.15) is 6.07 Å². The lowest BCUT2D eigenvalue weighted by Crippen LogP contribution is -1.84. The van der Waals surface area contributed by atoms with Gasteiger partial charge in [0.2, 0.25) is 0 Å². The molecule has 4 nitrogen and oxygen atoms in total. The molecule has 2 aromatic rings. The first-order chi connectivity index (χ1) is 7.83. The molecule has 0 atom stereocenters. The average Bonchev–Trinajstić information content (AvgIpc) is 2.77. The van der Waals surface area contributed by atoms with E-state index in [1.54, 1.807) is 24.0 Å². The molecule has 0 saturated heterocycles. The molecule has 2 heterocycles. The van der Waals surface area contributed by atoms with Crippen LogP contribution in [0.4, 0.5) is 0 Å². The third-order valence-corrected chi connectivity index (χ3v) is 4.64. The van der Waals surface area contributed by atoms with Crippen LogP contribution >= 0.6 is 34.9 Å². The van der Waals surface area contributed by atoms with E-state index in [-0.39, 0.29) is 0 Å². The van der Waals surface area contributed by atoms with Gasteiger partial charge in [-0.05, 0) is 18.4 Å². The third kappa shape index (κ3) is 2.52. The highest BCUT2D eigenvalue weighted by molar-refractivity contribution is 8.03. The molecule has 0 bridgehead atoms. The van der Waals surface area contributed by atoms with Crippen LogP contribution in [0.15, 0.2) is 31.9 Å². The van der Waals surface area contributed by atoms with E-state index in [1.165, 1.54) is 23.1 Å². The van der Waals surface area contributed by atoms with Gasteiger partial charge in [-0.2, -0.15) is 5.26 Å². The number of thioether (sulfide) groups is 1. The first-order valence-electron chi connectivity index (χ1n) is 4.24. The van der Waals surface area contributed by atoms with Gasteiger partial charge in [0.25, 0.3) is 0 Å². The zero-order chi connectivity index (χ0) is 11.4. The van der Waals surface area contributed by atoms with Crippen molar-refractivity contribution in [2.45, 2.75) is 13.6 Å². The Bertz CT molecular complexity index is 532. The minimum Gasteiger partial charge on any atom is -0.244 e. The number of pyridine rings is 1. The molecule has 0 N–H and O–H groups in total.